The van der Waals surface area contributed by atoms with Crippen LogP contribution in [-0.4, -0.2) is 80.6 Å². The van der Waals surface area contributed by atoms with E-state index in [9.17, 15) is 19.5 Å². The Kier molecular flexibility index (Phi) is 41.8. The number of likely N-dealkylation sites (N-methyl/N-ethyl adjacent to an activating group) is 1. The summed E-state index contributed by atoms with van der Waals surface area (Å²) in [5, 5.41) is 9.65. The summed E-state index contributed by atoms with van der Waals surface area (Å²) in [5.41, 5.74) is 0. The Hall–Kier alpha value is -4.01. The molecule has 0 heterocycles. The third kappa shape index (κ3) is 43.0. The van der Waals surface area contributed by atoms with E-state index in [1.54, 1.807) is 0 Å². The summed E-state index contributed by atoms with van der Waals surface area (Å²) in [6.45, 7) is 4.45. The molecule has 0 saturated heterocycles. The third-order valence-corrected chi connectivity index (χ3v) is 10.2. The van der Waals surface area contributed by atoms with Crippen molar-refractivity contribution in [2.75, 3.05) is 41.0 Å². The molecule has 2 unspecified atom stereocenters. The van der Waals surface area contributed by atoms with Gasteiger partial charge in [-0.25, -0.2) is 4.79 Å². The number of carboxylic acid groups (broad SMARTS) is 1. The van der Waals surface area contributed by atoms with Gasteiger partial charge in [0.25, 0.3) is 0 Å². The average Bonchev–Trinajstić information content (AvgIpc) is 3.24. The molecule has 0 aliphatic carbocycles. The van der Waals surface area contributed by atoms with Crippen molar-refractivity contribution < 1.29 is 38.2 Å². The Morgan fingerprint density at radius 1 is 0.476 bits per heavy atom. The van der Waals surface area contributed by atoms with Gasteiger partial charge >= 0.3 is 17.9 Å². The number of rotatable bonds is 42. The number of nitrogens with zero attached hydrogens (tertiary/aromatic N) is 1. The highest BCUT2D eigenvalue weighted by Crippen LogP contribution is 2.13. The van der Waals surface area contributed by atoms with Crippen LogP contribution in [0.2, 0.25) is 0 Å². The van der Waals surface area contributed by atoms with Crippen LogP contribution in [0.3, 0.4) is 0 Å². The van der Waals surface area contributed by atoms with E-state index in [1.165, 1.54) is 12.8 Å². The molecule has 356 valence electrons. The zero-order valence-electron chi connectivity index (χ0n) is 40.5. The van der Waals surface area contributed by atoms with Gasteiger partial charge in [-0.1, -0.05) is 162 Å². The Balaban J connectivity index is 4.39. The van der Waals surface area contributed by atoms with Crippen molar-refractivity contribution in [2.24, 2.45) is 0 Å². The quantitative estimate of drug-likeness (QED) is 0.0282. The van der Waals surface area contributed by atoms with Gasteiger partial charge in [-0.15, -0.1) is 0 Å². The van der Waals surface area contributed by atoms with Gasteiger partial charge in [0.05, 0.1) is 34.4 Å². The second kappa shape index (κ2) is 44.6. The molecule has 0 bridgehead atoms. The maximum absolute atomic E-state index is 12.8. The van der Waals surface area contributed by atoms with Crippen LogP contribution >= 0.6 is 0 Å². The summed E-state index contributed by atoms with van der Waals surface area (Å²) >= 11 is 0. The summed E-state index contributed by atoms with van der Waals surface area (Å²) in [6.07, 6.45) is 61.3. The lowest BCUT2D eigenvalue weighted by Gasteiger charge is -2.31. The number of allylic oxidation sites excluding steroid dienone is 18. The summed E-state index contributed by atoms with van der Waals surface area (Å²) in [5.74, 6) is -1.53. The standard InChI is InChI=1S/C55H89NO7/c1-6-8-10-12-14-16-18-20-22-24-26-28-29-31-33-35-37-39-41-43-45-53(57)62-50-51(49-61-48-47-52(55(59)60)56(3,4)5)63-54(58)46-44-42-40-38-36-34-32-30-27-25-23-21-19-17-15-13-11-9-7-2/h8-11,14-17,20-23,26-28,30-31,33,51-52H,6-7,12-13,18-19,24-25,29,32,34-50H2,1-5H3/p+1/b10-8+,11-9+,16-14+,17-15+,22-20+,23-21+,28-26+,30-27+,33-31+. The van der Waals surface area contributed by atoms with Gasteiger partial charge in [0.2, 0.25) is 0 Å². The second-order valence-electron chi connectivity index (χ2n) is 17.0. The predicted octanol–water partition coefficient (Wildman–Crippen LogP) is 14.0. The average molecular weight is 877 g/mol. The van der Waals surface area contributed by atoms with Crippen LogP contribution in [0.1, 0.15) is 168 Å². The van der Waals surface area contributed by atoms with Crippen LogP contribution in [0.25, 0.3) is 0 Å². The SMILES string of the molecule is CC/C=C/C/C=C/C/C=C/C/C=C/C/C=C/CCCCCCC(=O)OCC(COCCC(C(=O)O)[N+](C)(C)C)OC(=O)CCCCCCCC/C=C/C/C=C/C/C=C/C/C=C/CC. The Morgan fingerprint density at radius 2 is 0.841 bits per heavy atom. The molecule has 0 saturated carbocycles. The Morgan fingerprint density at radius 3 is 1.24 bits per heavy atom. The molecule has 8 heteroatoms. The first-order valence-corrected chi connectivity index (χ1v) is 24.4. The third-order valence-electron chi connectivity index (χ3n) is 10.2. The number of hydrogen-bond donors (Lipinski definition) is 1. The molecule has 8 nitrogen and oxygen atoms in total. The lowest BCUT2D eigenvalue weighted by atomic mass is 10.1. The number of esters is 2. The largest absolute Gasteiger partial charge is 0.477 e. The predicted molar refractivity (Wildman–Crippen MR) is 266 cm³/mol. The first kappa shape index (κ1) is 59.0. The topological polar surface area (TPSA) is 99.1 Å². The van der Waals surface area contributed by atoms with Gasteiger partial charge in [-0.3, -0.25) is 9.59 Å². The molecule has 0 aromatic rings. The van der Waals surface area contributed by atoms with Gasteiger partial charge in [-0.05, 0) is 96.3 Å². The van der Waals surface area contributed by atoms with Crippen LogP contribution in [0.5, 0.6) is 0 Å². The molecule has 0 radical (unpaired) electrons. The molecular weight excluding hydrogens is 787 g/mol. The first-order chi connectivity index (χ1) is 30.6. The minimum absolute atomic E-state index is 0.0393. The molecule has 0 aromatic heterocycles. The molecule has 0 aromatic carbocycles. The highest BCUT2D eigenvalue weighted by Gasteiger charge is 2.31. The number of unbranched alkanes of at least 4 members (excludes halogenated alkanes) is 10. The van der Waals surface area contributed by atoms with Gasteiger partial charge < -0.3 is 23.8 Å². The van der Waals surface area contributed by atoms with Crippen LogP contribution in [0, 0.1) is 0 Å². The van der Waals surface area contributed by atoms with Crippen LogP contribution in [0.4, 0.5) is 0 Å². The van der Waals surface area contributed by atoms with E-state index in [0.717, 1.165) is 122 Å². The van der Waals surface area contributed by atoms with Gasteiger partial charge in [0.15, 0.2) is 12.1 Å². The van der Waals surface area contributed by atoms with Crippen molar-refractivity contribution in [3.8, 4) is 0 Å². The summed E-state index contributed by atoms with van der Waals surface area (Å²) < 4.78 is 17.3. The van der Waals surface area contributed by atoms with E-state index in [0.29, 0.717) is 19.3 Å². The molecule has 1 N–H and O–H groups in total. The van der Waals surface area contributed by atoms with E-state index >= 15 is 0 Å². The number of carboxylic acids is 1. The lowest BCUT2D eigenvalue weighted by molar-refractivity contribution is -0.887. The normalized spacial score (nSPS) is 13.9. The second-order valence-corrected chi connectivity index (χ2v) is 17.0. The van der Waals surface area contributed by atoms with Gasteiger partial charge in [-0.2, -0.15) is 0 Å². The first-order valence-electron chi connectivity index (χ1n) is 24.4. The van der Waals surface area contributed by atoms with Crippen molar-refractivity contribution in [3.63, 3.8) is 0 Å². The summed E-state index contributed by atoms with van der Waals surface area (Å²) in [7, 11) is 5.51. The Labute approximate surface area is 385 Å². The zero-order chi connectivity index (χ0) is 46.3. The van der Waals surface area contributed by atoms with E-state index in [4.69, 9.17) is 14.2 Å². The van der Waals surface area contributed by atoms with Crippen LogP contribution in [0.15, 0.2) is 109 Å². The summed E-state index contributed by atoms with van der Waals surface area (Å²) in [4.78, 5) is 37.1. The van der Waals surface area contributed by atoms with Crippen molar-refractivity contribution in [3.05, 3.63) is 109 Å². The van der Waals surface area contributed by atoms with Crippen molar-refractivity contribution in [1.82, 2.24) is 0 Å². The van der Waals surface area contributed by atoms with E-state index < -0.39 is 18.1 Å². The molecule has 0 aliphatic heterocycles. The van der Waals surface area contributed by atoms with E-state index in [1.807, 2.05) is 21.1 Å². The van der Waals surface area contributed by atoms with Crippen LogP contribution < -0.4 is 0 Å². The fraction of sp³-hybridized carbons (Fsp3) is 0.618. The number of ether oxygens (including phenoxy) is 3. The molecule has 0 spiro atoms. The molecule has 63 heavy (non-hydrogen) atoms. The van der Waals surface area contributed by atoms with Crippen LogP contribution in [-0.2, 0) is 28.6 Å². The van der Waals surface area contributed by atoms with Gasteiger partial charge in [0, 0.05) is 19.3 Å². The molecule has 0 fully saturated rings. The maximum atomic E-state index is 12.8. The lowest BCUT2D eigenvalue weighted by Crippen LogP contribution is -2.50. The molecular formula is C55H90NO7+. The summed E-state index contributed by atoms with van der Waals surface area (Å²) in [6, 6.07) is -0.629. The maximum Gasteiger partial charge on any atom is 0.362 e. The van der Waals surface area contributed by atoms with E-state index in [-0.39, 0.29) is 36.2 Å². The fourth-order valence-electron chi connectivity index (χ4n) is 6.46. The van der Waals surface area contributed by atoms with E-state index in [2.05, 4.69) is 123 Å². The number of carbonyl (C=O) groups is 3. The molecule has 0 amide bonds. The molecule has 0 aliphatic rings. The highest BCUT2D eigenvalue weighted by atomic mass is 16.6. The zero-order valence-corrected chi connectivity index (χ0v) is 40.5. The monoisotopic (exact) mass is 877 g/mol. The highest BCUT2D eigenvalue weighted by molar-refractivity contribution is 5.72. The number of hydrogen-bond acceptors (Lipinski definition) is 6. The molecule has 2 atom stereocenters. The van der Waals surface area contributed by atoms with Crippen molar-refractivity contribution in [1.29, 1.82) is 0 Å². The Bertz CT molecular complexity index is 1390. The molecule has 0 rings (SSSR count). The fourth-order valence-corrected chi connectivity index (χ4v) is 6.46. The number of quaternary nitrogens is 1. The smallest absolute Gasteiger partial charge is 0.362 e. The number of carbonyl (C=O) groups excluding carboxylic acids is 2. The minimum Gasteiger partial charge on any atom is -0.477 e. The minimum atomic E-state index is -0.886. The van der Waals surface area contributed by atoms with Crippen molar-refractivity contribution >= 4 is 17.9 Å². The van der Waals surface area contributed by atoms with Crippen molar-refractivity contribution in [2.45, 2.75) is 180 Å². The number of aliphatic carboxylic acids is 1. The van der Waals surface area contributed by atoms with Gasteiger partial charge in [0.1, 0.15) is 6.61 Å².